The molecule has 124 valence electrons. The number of nitrogens with zero attached hydrogens (tertiary/aromatic N) is 1. The van der Waals surface area contributed by atoms with E-state index < -0.39 is 10.9 Å². The zero-order valence-corrected chi connectivity index (χ0v) is 13.0. The molecule has 0 atom stereocenters. The highest BCUT2D eigenvalue weighted by Crippen LogP contribution is 2.17. The summed E-state index contributed by atoms with van der Waals surface area (Å²) < 4.78 is 4.95. The third-order valence-corrected chi connectivity index (χ3v) is 3.21. The first-order valence-electron chi connectivity index (χ1n) is 7.30. The minimum absolute atomic E-state index is 0.0354. The lowest BCUT2D eigenvalue weighted by atomic mass is 10.1. The molecule has 0 saturated carbocycles. The van der Waals surface area contributed by atoms with Crippen molar-refractivity contribution in [3.05, 3.63) is 69.8 Å². The normalized spacial score (nSPS) is 10.0. The molecule has 2 aromatic rings. The van der Waals surface area contributed by atoms with Gasteiger partial charge < -0.3 is 10.1 Å². The summed E-state index contributed by atoms with van der Waals surface area (Å²) in [6, 6.07) is 12.3. The number of hydrogen-bond donors (Lipinski definition) is 1. The van der Waals surface area contributed by atoms with Crippen molar-refractivity contribution < 1.29 is 19.2 Å². The van der Waals surface area contributed by atoms with Crippen LogP contribution in [0.5, 0.6) is 0 Å². The minimum atomic E-state index is -0.510. The predicted molar refractivity (Wildman–Crippen MR) is 87.8 cm³/mol. The number of nitro benzene ring substituents is 1. The maximum absolute atomic E-state index is 12.1. The van der Waals surface area contributed by atoms with Gasteiger partial charge in [0, 0.05) is 12.1 Å². The van der Waals surface area contributed by atoms with E-state index in [1.54, 1.807) is 31.2 Å². The molecule has 2 aromatic carbocycles. The standard InChI is InChI=1S/C17H16N2O5/c1-2-24-17(21)14-5-3-4-6-15(14)18-16(20)11-12-7-9-13(10-8-12)19(22)23/h3-10H,2,11H2,1H3,(H,18,20). The molecule has 0 aliphatic heterocycles. The largest absolute Gasteiger partial charge is 0.462 e. The second-order valence-electron chi connectivity index (χ2n) is 4.91. The average molecular weight is 328 g/mol. The number of rotatable bonds is 6. The van der Waals surface area contributed by atoms with Gasteiger partial charge in [0.1, 0.15) is 0 Å². The fourth-order valence-corrected chi connectivity index (χ4v) is 2.09. The molecule has 7 nitrogen and oxygen atoms in total. The molecule has 0 aliphatic rings. The van der Waals surface area contributed by atoms with Crippen molar-refractivity contribution in [2.75, 3.05) is 11.9 Å². The second kappa shape index (κ2) is 7.87. The number of hydrogen-bond acceptors (Lipinski definition) is 5. The number of benzene rings is 2. The van der Waals surface area contributed by atoms with Crippen LogP contribution in [0.4, 0.5) is 11.4 Å². The van der Waals surface area contributed by atoms with Gasteiger partial charge in [0.25, 0.3) is 5.69 Å². The topological polar surface area (TPSA) is 98.5 Å². The van der Waals surface area contributed by atoms with Gasteiger partial charge in [0.05, 0.1) is 29.2 Å². The van der Waals surface area contributed by atoms with Gasteiger partial charge in [-0.2, -0.15) is 0 Å². The van der Waals surface area contributed by atoms with Crippen LogP contribution in [0, 0.1) is 10.1 Å². The van der Waals surface area contributed by atoms with Crippen molar-refractivity contribution in [1.29, 1.82) is 0 Å². The first-order valence-corrected chi connectivity index (χ1v) is 7.30. The van der Waals surface area contributed by atoms with Crippen molar-refractivity contribution in [3.63, 3.8) is 0 Å². The summed E-state index contributed by atoms with van der Waals surface area (Å²) in [4.78, 5) is 34.1. The van der Waals surface area contributed by atoms with E-state index >= 15 is 0 Å². The van der Waals surface area contributed by atoms with Crippen LogP contribution in [-0.2, 0) is 16.0 Å². The highest BCUT2D eigenvalue weighted by molar-refractivity contribution is 6.01. The monoisotopic (exact) mass is 328 g/mol. The first kappa shape index (κ1) is 17.1. The Labute approximate surface area is 138 Å². The molecule has 2 rings (SSSR count). The Morgan fingerprint density at radius 2 is 1.79 bits per heavy atom. The fourth-order valence-electron chi connectivity index (χ4n) is 2.09. The van der Waals surface area contributed by atoms with Gasteiger partial charge in [-0.15, -0.1) is 0 Å². The van der Waals surface area contributed by atoms with E-state index in [-0.39, 0.29) is 30.2 Å². The van der Waals surface area contributed by atoms with Gasteiger partial charge in [-0.1, -0.05) is 24.3 Å². The molecule has 0 unspecified atom stereocenters. The molecule has 0 saturated heterocycles. The third-order valence-electron chi connectivity index (χ3n) is 3.21. The number of amides is 1. The second-order valence-corrected chi connectivity index (χ2v) is 4.91. The number of anilines is 1. The molecule has 1 N–H and O–H groups in total. The van der Waals surface area contributed by atoms with Crippen LogP contribution < -0.4 is 5.32 Å². The van der Waals surface area contributed by atoms with Gasteiger partial charge in [-0.25, -0.2) is 4.79 Å². The van der Waals surface area contributed by atoms with Crippen LogP contribution in [0.1, 0.15) is 22.8 Å². The lowest BCUT2D eigenvalue weighted by Crippen LogP contribution is -2.17. The summed E-state index contributed by atoms with van der Waals surface area (Å²) in [5, 5.41) is 13.3. The van der Waals surface area contributed by atoms with Crippen LogP contribution >= 0.6 is 0 Å². The Bertz CT molecular complexity index is 756. The lowest BCUT2D eigenvalue weighted by molar-refractivity contribution is -0.384. The van der Waals surface area contributed by atoms with Gasteiger partial charge in [0.15, 0.2) is 0 Å². The molecule has 0 aromatic heterocycles. The van der Waals surface area contributed by atoms with Crippen LogP contribution in [0.25, 0.3) is 0 Å². The predicted octanol–water partition coefficient (Wildman–Crippen LogP) is 2.95. The molecule has 0 spiro atoms. The Morgan fingerprint density at radius 3 is 2.42 bits per heavy atom. The molecule has 0 heterocycles. The number of nitrogens with one attached hydrogen (secondary N) is 1. The highest BCUT2D eigenvalue weighted by atomic mass is 16.6. The number of carbonyl (C=O) groups excluding carboxylic acids is 2. The molecular weight excluding hydrogens is 312 g/mol. The average Bonchev–Trinajstić information content (AvgIpc) is 2.56. The summed E-state index contributed by atoms with van der Waals surface area (Å²) in [7, 11) is 0. The Hall–Kier alpha value is -3.22. The van der Waals surface area contributed by atoms with Gasteiger partial charge in [-0.3, -0.25) is 14.9 Å². The van der Waals surface area contributed by atoms with E-state index in [1.807, 2.05) is 0 Å². The summed E-state index contributed by atoms with van der Waals surface area (Å²) >= 11 is 0. The number of ether oxygens (including phenoxy) is 1. The molecule has 0 aliphatic carbocycles. The quantitative estimate of drug-likeness (QED) is 0.499. The van der Waals surface area contributed by atoms with E-state index in [9.17, 15) is 19.7 Å². The summed E-state index contributed by atoms with van der Waals surface area (Å²) in [5.74, 6) is -0.843. The van der Waals surface area contributed by atoms with Gasteiger partial charge in [0.2, 0.25) is 5.91 Å². The number of nitro groups is 1. The molecule has 0 bridgehead atoms. The van der Waals surface area contributed by atoms with E-state index in [0.29, 0.717) is 11.3 Å². The number of non-ortho nitro benzene ring substituents is 1. The maximum Gasteiger partial charge on any atom is 0.340 e. The summed E-state index contributed by atoms with van der Waals surface area (Å²) in [6.45, 7) is 1.94. The van der Waals surface area contributed by atoms with E-state index in [4.69, 9.17) is 4.74 Å². The Kier molecular flexibility index (Phi) is 5.62. The zero-order chi connectivity index (χ0) is 17.5. The van der Waals surface area contributed by atoms with Crippen LogP contribution in [0.15, 0.2) is 48.5 Å². The van der Waals surface area contributed by atoms with E-state index in [0.717, 1.165) is 0 Å². The number of carbonyl (C=O) groups is 2. The van der Waals surface area contributed by atoms with Gasteiger partial charge >= 0.3 is 5.97 Å². The minimum Gasteiger partial charge on any atom is -0.462 e. The molecule has 7 heteroatoms. The van der Waals surface area contributed by atoms with Gasteiger partial charge in [-0.05, 0) is 24.6 Å². The number of para-hydroxylation sites is 1. The SMILES string of the molecule is CCOC(=O)c1ccccc1NC(=O)Cc1ccc([N+](=O)[O-])cc1. The fraction of sp³-hybridized carbons (Fsp3) is 0.176. The van der Waals surface area contributed by atoms with Crippen molar-refractivity contribution in [2.45, 2.75) is 13.3 Å². The van der Waals surface area contributed by atoms with E-state index in [1.165, 1.54) is 24.3 Å². The zero-order valence-electron chi connectivity index (χ0n) is 13.0. The van der Waals surface area contributed by atoms with E-state index in [2.05, 4.69) is 5.32 Å². The Balaban J connectivity index is 2.07. The molecular formula is C17H16N2O5. The molecule has 24 heavy (non-hydrogen) atoms. The van der Waals surface area contributed by atoms with Crippen molar-refractivity contribution in [2.24, 2.45) is 0 Å². The first-order chi connectivity index (χ1) is 11.5. The highest BCUT2D eigenvalue weighted by Gasteiger charge is 2.14. The summed E-state index contributed by atoms with van der Waals surface area (Å²) in [6.07, 6.45) is 0.0369. The molecule has 0 radical (unpaired) electrons. The smallest absolute Gasteiger partial charge is 0.340 e. The van der Waals surface area contributed by atoms with Crippen molar-refractivity contribution >= 4 is 23.3 Å². The molecule has 1 amide bonds. The third kappa shape index (κ3) is 4.39. The Morgan fingerprint density at radius 1 is 1.12 bits per heavy atom. The maximum atomic E-state index is 12.1. The lowest BCUT2D eigenvalue weighted by Gasteiger charge is -2.10. The van der Waals surface area contributed by atoms with Crippen molar-refractivity contribution in [3.8, 4) is 0 Å². The summed E-state index contributed by atoms with van der Waals surface area (Å²) in [5.41, 5.74) is 1.23. The molecule has 0 fully saturated rings. The van der Waals surface area contributed by atoms with Crippen LogP contribution in [-0.4, -0.2) is 23.4 Å². The van der Waals surface area contributed by atoms with Crippen molar-refractivity contribution in [1.82, 2.24) is 0 Å². The van der Waals surface area contributed by atoms with Crippen LogP contribution in [0.3, 0.4) is 0 Å². The van der Waals surface area contributed by atoms with Crippen LogP contribution in [0.2, 0.25) is 0 Å². The number of esters is 1.